The molecule has 82 valence electrons. The Bertz CT molecular complexity index is 127. The Balaban J connectivity index is 2.09. The van der Waals surface area contributed by atoms with Gasteiger partial charge in [0, 0.05) is 6.54 Å². The molecule has 0 atom stereocenters. The minimum absolute atomic E-state index is 1.04. The van der Waals surface area contributed by atoms with Gasteiger partial charge in [-0.3, -0.25) is 0 Å². The van der Waals surface area contributed by atoms with Crippen molar-refractivity contribution >= 4 is 0 Å². The molecule has 0 bridgehead atoms. The van der Waals surface area contributed by atoms with Crippen LogP contribution in [0.5, 0.6) is 0 Å². The summed E-state index contributed by atoms with van der Waals surface area (Å²) in [5, 5.41) is 6.90. The van der Waals surface area contributed by atoms with E-state index in [1.165, 1.54) is 51.6 Å². The highest BCUT2D eigenvalue weighted by molar-refractivity contribution is 4.84. The Morgan fingerprint density at radius 3 is 2.21 bits per heavy atom. The Hall–Kier alpha value is -0.340. The molecule has 0 amide bonds. The van der Waals surface area contributed by atoms with E-state index in [1.807, 2.05) is 0 Å². The van der Waals surface area contributed by atoms with E-state index in [-0.39, 0.29) is 0 Å². The van der Waals surface area contributed by atoms with Gasteiger partial charge in [0.05, 0.1) is 0 Å². The van der Waals surface area contributed by atoms with Crippen LogP contribution in [0.3, 0.4) is 0 Å². The van der Waals surface area contributed by atoms with Crippen molar-refractivity contribution in [3.05, 3.63) is 12.2 Å². The molecule has 0 aromatic rings. The van der Waals surface area contributed by atoms with Gasteiger partial charge in [-0.25, -0.2) is 0 Å². The zero-order chi connectivity index (χ0) is 9.90. The van der Waals surface area contributed by atoms with Crippen molar-refractivity contribution in [1.29, 1.82) is 0 Å². The molecule has 1 rings (SSSR count). The van der Waals surface area contributed by atoms with E-state index < -0.39 is 0 Å². The molecular formula is C12H24N2. The van der Waals surface area contributed by atoms with Crippen molar-refractivity contribution in [1.82, 2.24) is 10.6 Å². The second-order valence-corrected chi connectivity index (χ2v) is 3.98. The monoisotopic (exact) mass is 196 g/mol. The van der Waals surface area contributed by atoms with Crippen molar-refractivity contribution in [2.45, 2.75) is 38.5 Å². The summed E-state index contributed by atoms with van der Waals surface area (Å²) in [6.07, 6.45) is 12.5. The molecule has 0 unspecified atom stereocenters. The zero-order valence-corrected chi connectivity index (χ0v) is 9.23. The highest BCUT2D eigenvalue weighted by Crippen LogP contribution is 2.01. The normalized spacial score (nSPS) is 22.9. The van der Waals surface area contributed by atoms with Crippen LogP contribution in [0.25, 0.3) is 0 Å². The quantitative estimate of drug-likeness (QED) is 0.580. The molecule has 1 aliphatic heterocycles. The lowest BCUT2D eigenvalue weighted by Crippen LogP contribution is -2.17. The molecule has 2 N–H and O–H groups in total. The first-order valence-corrected chi connectivity index (χ1v) is 6.06. The minimum Gasteiger partial charge on any atom is -0.316 e. The van der Waals surface area contributed by atoms with Crippen LogP contribution in [0.1, 0.15) is 38.5 Å². The number of rotatable bonds is 0. The number of hydrogen-bond acceptors (Lipinski definition) is 2. The van der Waals surface area contributed by atoms with Crippen LogP contribution in [0.15, 0.2) is 12.2 Å². The second-order valence-electron chi connectivity index (χ2n) is 3.98. The van der Waals surface area contributed by atoms with Gasteiger partial charge in [-0.05, 0) is 38.9 Å². The van der Waals surface area contributed by atoms with Crippen LogP contribution >= 0.6 is 0 Å². The molecule has 0 saturated heterocycles. The summed E-state index contributed by atoms with van der Waals surface area (Å²) in [4.78, 5) is 0. The molecule has 0 fully saturated rings. The second kappa shape index (κ2) is 9.22. The zero-order valence-electron chi connectivity index (χ0n) is 9.23. The molecule has 0 saturated carbocycles. The summed E-state index contributed by atoms with van der Waals surface area (Å²) in [6.45, 7) is 4.56. The Morgan fingerprint density at radius 2 is 1.36 bits per heavy atom. The lowest BCUT2D eigenvalue weighted by molar-refractivity contribution is 0.562. The van der Waals surface area contributed by atoms with E-state index in [2.05, 4.69) is 22.8 Å². The third-order valence-electron chi connectivity index (χ3n) is 2.62. The Morgan fingerprint density at radius 1 is 0.643 bits per heavy atom. The average molecular weight is 196 g/mol. The fraction of sp³-hybridized carbons (Fsp3) is 0.833. The maximum Gasteiger partial charge on any atom is 0.0134 e. The molecule has 0 aromatic carbocycles. The predicted molar refractivity (Wildman–Crippen MR) is 62.6 cm³/mol. The molecule has 0 aromatic heterocycles. The highest BCUT2D eigenvalue weighted by atomic mass is 14.8. The summed E-state index contributed by atoms with van der Waals surface area (Å²) < 4.78 is 0. The number of nitrogens with one attached hydrogen (secondary N) is 2. The maximum atomic E-state index is 3.47. The first-order valence-electron chi connectivity index (χ1n) is 6.06. The van der Waals surface area contributed by atoms with E-state index in [1.54, 1.807) is 0 Å². The lowest BCUT2D eigenvalue weighted by Gasteiger charge is -2.05. The summed E-state index contributed by atoms with van der Waals surface area (Å²) in [5.41, 5.74) is 0. The van der Waals surface area contributed by atoms with Gasteiger partial charge in [0.25, 0.3) is 0 Å². The van der Waals surface area contributed by atoms with E-state index in [4.69, 9.17) is 0 Å². The molecule has 2 heteroatoms. The van der Waals surface area contributed by atoms with Gasteiger partial charge in [-0.15, -0.1) is 0 Å². The highest BCUT2D eigenvalue weighted by Gasteiger charge is 1.92. The van der Waals surface area contributed by atoms with E-state index in [0.717, 1.165) is 13.1 Å². The molecule has 1 heterocycles. The smallest absolute Gasteiger partial charge is 0.0134 e. The Kier molecular flexibility index (Phi) is 7.73. The van der Waals surface area contributed by atoms with Gasteiger partial charge >= 0.3 is 0 Å². The van der Waals surface area contributed by atoms with Gasteiger partial charge in [-0.1, -0.05) is 31.4 Å². The lowest BCUT2D eigenvalue weighted by atomic mass is 10.1. The van der Waals surface area contributed by atoms with Crippen LogP contribution in [0.4, 0.5) is 0 Å². The predicted octanol–water partition coefficient (Wildman–Crippen LogP) is 2.08. The van der Waals surface area contributed by atoms with Crippen LogP contribution in [0.2, 0.25) is 0 Å². The molecule has 14 heavy (non-hydrogen) atoms. The summed E-state index contributed by atoms with van der Waals surface area (Å²) in [6, 6.07) is 0. The van der Waals surface area contributed by atoms with Crippen molar-refractivity contribution in [3.8, 4) is 0 Å². The molecule has 2 nitrogen and oxygen atoms in total. The minimum atomic E-state index is 1.04. The first-order chi connectivity index (χ1) is 7.00. The van der Waals surface area contributed by atoms with E-state index in [9.17, 15) is 0 Å². The Labute approximate surface area is 88.2 Å². The fourth-order valence-electron chi connectivity index (χ4n) is 1.73. The third kappa shape index (κ3) is 7.10. The van der Waals surface area contributed by atoms with Crippen LogP contribution < -0.4 is 10.6 Å². The van der Waals surface area contributed by atoms with Crippen LogP contribution in [-0.4, -0.2) is 26.2 Å². The summed E-state index contributed by atoms with van der Waals surface area (Å²) >= 11 is 0. The average Bonchev–Trinajstić information content (AvgIpc) is 2.22. The van der Waals surface area contributed by atoms with Gasteiger partial charge < -0.3 is 10.6 Å². The van der Waals surface area contributed by atoms with Crippen molar-refractivity contribution in [2.24, 2.45) is 0 Å². The third-order valence-corrected chi connectivity index (χ3v) is 2.62. The van der Waals surface area contributed by atoms with Crippen molar-refractivity contribution in [2.75, 3.05) is 26.2 Å². The van der Waals surface area contributed by atoms with Crippen molar-refractivity contribution < 1.29 is 0 Å². The first kappa shape index (κ1) is 11.7. The molecule has 1 aliphatic rings. The van der Waals surface area contributed by atoms with Crippen LogP contribution in [-0.2, 0) is 0 Å². The largest absolute Gasteiger partial charge is 0.316 e. The molecule has 0 spiro atoms. The fourth-order valence-corrected chi connectivity index (χ4v) is 1.73. The maximum absolute atomic E-state index is 3.47. The number of hydrogen-bond donors (Lipinski definition) is 2. The summed E-state index contributed by atoms with van der Waals surface area (Å²) in [5.74, 6) is 0. The summed E-state index contributed by atoms with van der Waals surface area (Å²) in [7, 11) is 0. The van der Waals surface area contributed by atoms with Gasteiger partial charge in [0.15, 0.2) is 0 Å². The van der Waals surface area contributed by atoms with E-state index in [0.29, 0.717) is 0 Å². The van der Waals surface area contributed by atoms with Crippen LogP contribution in [0, 0.1) is 0 Å². The SMILES string of the molecule is C1=CCNCCCCCCCNCC1. The van der Waals surface area contributed by atoms with E-state index >= 15 is 0 Å². The van der Waals surface area contributed by atoms with Gasteiger partial charge in [0.2, 0.25) is 0 Å². The molecular weight excluding hydrogens is 172 g/mol. The topological polar surface area (TPSA) is 24.1 Å². The standard InChI is InChI=1S/C12H24N2/c1-2-5-9-13-11-7-4-8-12-14-10-6-3-1/h4,7,13-14H,1-3,5-6,8-12H2. The van der Waals surface area contributed by atoms with Gasteiger partial charge in [-0.2, -0.15) is 0 Å². The molecule has 0 aliphatic carbocycles. The van der Waals surface area contributed by atoms with Crippen molar-refractivity contribution in [3.63, 3.8) is 0 Å². The molecule has 0 radical (unpaired) electrons. The van der Waals surface area contributed by atoms with Gasteiger partial charge in [0.1, 0.15) is 0 Å².